The van der Waals surface area contributed by atoms with Gasteiger partial charge in [-0.15, -0.1) is 11.3 Å². The Morgan fingerprint density at radius 3 is 2.41 bits per heavy atom. The summed E-state index contributed by atoms with van der Waals surface area (Å²) in [5, 5.41) is 3.52. The Bertz CT molecular complexity index is 1000. The van der Waals surface area contributed by atoms with Crippen molar-refractivity contribution in [2.24, 2.45) is 0 Å². The lowest BCUT2D eigenvalue weighted by molar-refractivity contribution is 0.0754. The number of nitrogens with zero attached hydrogens (tertiary/aromatic N) is 4. The minimum atomic E-state index is -0.193. The van der Waals surface area contributed by atoms with Crippen LogP contribution in [0.5, 0.6) is 0 Å². The van der Waals surface area contributed by atoms with E-state index in [2.05, 4.69) is 20.3 Å². The molecule has 0 aliphatic heterocycles. The molecule has 2 amide bonds. The molecule has 0 aliphatic carbocycles. The van der Waals surface area contributed by atoms with Crippen LogP contribution in [-0.4, -0.2) is 44.8 Å². The molecule has 0 saturated carbocycles. The summed E-state index contributed by atoms with van der Waals surface area (Å²) in [7, 11) is 1.78. The molecule has 2 aromatic heterocycles. The van der Waals surface area contributed by atoms with Crippen LogP contribution in [0.4, 0.5) is 0 Å². The first kappa shape index (κ1) is 20.6. The van der Waals surface area contributed by atoms with Gasteiger partial charge in [-0.1, -0.05) is 12.1 Å². The zero-order valence-corrected chi connectivity index (χ0v) is 17.7. The molecule has 7 nitrogen and oxygen atoms in total. The fraction of sp³-hybridized carbons (Fsp3) is 0.286. The highest BCUT2D eigenvalue weighted by Gasteiger charge is 2.18. The molecule has 0 spiro atoms. The average molecular weight is 410 g/mol. The van der Waals surface area contributed by atoms with Crippen LogP contribution in [0.2, 0.25) is 0 Å². The smallest absolute Gasteiger partial charge is 0.263 e. The maximum absolute atomic E-state index is 12.6. The molecule has 3 aromatic rings. The first-order chi connectivity index (χ1) is 13.9. The Morgan fingerprint density at radius 1 is 1.14 bits per heavy atom. The molecule has 0 fully saturated rings. The van der Waals surface area contributed by atoms with Gasteiger partial charge in [-0.2, -0.15) is 0 Å². The fourth-order valence-corrected chi connectivity index (χ4v) is 3.51. The van der Waals surface area contributed by atoms with Gasteiger partial charge in [-0.25, -0.2) is 15.0 Å². The molecule has 0 unspecified atom stereocenters. The summed E-state index contributed by atoms with van der Waals surface area (Å²) in [4.78, 5) is 39.9. The Kier molecular flexibility index (Phi) is 6.33. The SMILES string of the molecule is Cc1nc(-c2ncccn2)sc1C(=O)NCc1ccc(C(=O)N(C)C(C)C)cc1. The summed E-state index contributed by atoms with van der Waals surface area (Å²) >= 11 is 1.27. The second-order valence-electron chi connectivity index (χ2n) is 6.90. The Balaban J connectivity index is 1.64. The van der Waals surface area contributed by atoms with E-state index in [1.165, 1.54) is 11.3 Å². The minimum absolute atomic E-state index is 0.0217. The van der Waals surface area contributed by atoms with E-state index in [1.54, 1.807) is 49.5 Å². The van der Waals surface area contributed by atoms with Crippen molar-refractivity contribution in [1.82, 2.24) is 25.2 Å². The quantitative estimate of drug-likeness (QED) is 0.675. The van der Waals surface area contributed by atoms with Crippen LogP contribution in [0, 0.1) is 6.92 Å². The normalized spacial score (nSPS) is 10.8. The largest absolute Gasteiger partial charge is 0.347 e. The maximum Gasteiger partial charge on any atom is 0.263 e. The summed E-state index contributed by atoms with van der Waals surface area (Å²) in [5.74, 6) is 0.291. The molecule has 1 aromatic carbocycles. The van der Waals surface area contributed by atoms with Gasteiger partial charge in [0.2, 0.25) is 0 Å². The van der Waals surface area contributed by atoms with Crippen molar-refractivity contribution in [2.45, 2.75) is 33.4 Å². The molecule has 0 aliphatic rings. The molecule has 2 heterocycles. The maximum atomic E-state index is 12.6. The third kappa shape index (κ3) is 4.83. The highest BCUT2D eigenvalue weighted by atomic mass is 32.1. The van der Waals surface area contributed by atoms with Gasteiger partial charge in [0, 0.05) is 37.6 Å². The lowest BCUT2D eigenvalue weighted by atomic mass is 10.1. The summed E-state index contributed by atoms with van der Waals surface area (Å²) in [5.41, 5.74) is 2.19. The van der Waals surface area contributed by atoms with Crippen LogP contribution in [0.15, 0.2) is 42.7 Å². The molecule has 0 radical (unpaired) electrons. The summed E-state index contributed by atoms with van der Waals surface area (Å²) in [6.45, 7) is 6.10. The van der Waals surface area contributed by atoms with E-state index >= 15 is 0 Å². The average Bonchev–Trinajstić information content (AvgIpc) is 3.13. The van der Waals surface area contributed by atoms with Crippen molar-refractivity contribution in [1.29, 1.82) is 0 Å². The molecular weight excluding hydrogens is 386 g/mol. The lowest BCUT2D eigenvalue weighted by Crippen LogP contribution is -2.32. The standard InChI is InChI=1S/C21H23N5O2S/c1-13(2)26(4)21(28)16-8-6-15(7-9-16)12-24-19(27)17-14(3)25-20(29-17)18-22-10-5-11-23-18/h5-11,13H,12H2,1-4H3,(H,24,27). The van der Waals surface area contributed by atoms with Gasteiger partial charge in [0.1, 0.15) is 4.88 Å². The van der Waals surface area contributed by atoms with E-state index in [-0.39, 0.29) is 17.9 Å². The highest BCUT2D eigenvalue weighted by Crippen LogP contribution is 2.25. The van der Waals surface area contributed by atoms with Gasteiger partial charge in [-0.05, 0) is 44.5 Å². The zero-order chi connectivity index (χ0) is 21.0. The molecular formula is C21H23N5O2S. The molecule has 8 heteroatoms. The molecule has 0 bridgehead atoms. The van der Waals surface area contributed by atoms with Crippen LogP contribution in [0.1, 0.15) is 45.1 Å². The topological polar surface area (TPSA) is 88.1 Å². The van der Waals surface area contributed by atoms with Crippen LogP contribution in [-0.2, 0) is 6.54 Å². The van der Waals surface area contributed by atoms with Gasteiger partial charge in [0.25, 0.3) is 11.8 Å². The number of nitrogens with one attached hydrogen (secondary N) is 1. The van der Waals surface area contributed by atoms with Crippen molar-refractivity contribution >= 4 is 23.2 Å². The predicted octanol–water partition coefficient (Wildman–Crippen LogP) is 3.32. The lowest BCUT2D eigenvalue weighted by Gasteiger charge is -2.21. The molecule has 1 N–H and O–H groups in total. The van der Waals surface area contributed by atoms with Gasteiger partial charge in [0.05, 0.1) is 5.69 Å². The van der Waals surface area contributed by atoms with Gasteiger partial charge >= 0.3 is 0 Å². The van der Waals surface area contributed by atoms with Crippen molar-refractivity contribution < 1.29 is 9.59 Å². The number of rotatable bonds is 6. The number of amides is 2. The molecule has 3 rings (SSSR count). The van der Waals surface area contributed by atoms with Crippen molar-refractivity contribution in [3.63, 3.8) is 0 Å². The van der Waals surface area contributed by atoms with Gasteiger partial charge in [-0.3, -0.25) is 9.59 Å². The first-order valence-corrected chi connectivity index (χ1v) is 10.1. The minimum Gasteiger partial charge on any atom is -0.347 e. The van der Waals surface area contributed by atoms with Crippen molar-refractivity contribution in [3.05, 3.63) is 64.4 Å². The Morgan fingerprint density at radius 2 is 1.79 bits per heavy atom. The fourth-order valence-electron chi connectivity index (χ4n) is 2.58. The number of aryl methyl sites for hydroxylation is 1. The molecule has 29 heavy (non-hydrogen) atoms. The molecule has 0 saturated heterocycles. The van der Waals surface area contributed by atoms with E-state index < -0.39 is 0 Å². The van der Waals surface area contributed by atoms with E-state index in [4.69, 9.17) is 0 Å². The number of carbonyl (C=O) groups excluding carboxylic acids is 2. The van der Waals surface area contributed by atoms with E-state index in [0.717, 1.165) is 5.56 Å². The summed E-state index contributed by atoms with van der Waals surface area (Å²) in [6.07, 6.45) is 3.29. The third-order valence-corrected chi connectivity index (χ3v) is 5.66. The predicted molar refractivity (Wildman–Crippen MR) is 113 cm³/mol. The monoisotopic (exact) mass is 409 g/mol. The van der Waals surface area contributed by atoms with E-state index in [0.29, 0.717) is 33.5 Å². The second-order valence-corrected chi connectivity index (χ2v) is 7.89. The Labute approximate surface area is 173 Å². The molecule has 0 atom stereocenters. The summed E-state index contributed by atoms with van der Waals surface area (Å²) in [6, 6.07) is 9.14. The highest BCUT2D eigenvalue weighted by molar-refractivity contribution is 7.17. The number of hydrogen-bond donors (Lipinski definition) is 1. The van der Waals surface area contributed by atoms with Crippen molar-refractivity contribution in [2.75, 3.05) is 7.05 Å². The zero-order valence-electron chi connectivity index (χ0n) is 16.8. The van der Waals surface area contributed by atoms with Crippen molar-refractivity contribution in [3.8, 4) is 10.8 Å². The number of aromatic nitrogens is 3. The van der Waals surface area contributed by atoms with Crippen LogP contribution < -0.4 is 5.32 Å². The van der Waals surface area contributed by atoms with E-state index in [1.807, 2.05) is 26.0 Å². The number of benzene rings is 1. The number of carbonyl (C=O) groups is 2. The number of hydrogen-bond acceptors (Lipinski definition) is 6. The van der Waals surface area contributed by atoms with Gasteiger partial charge in [0.15, 0.2) is 10.8 Å². The van der Waals surface area contributed by atoms with Crippen LogP contribution in [0.3, 0.4) is 0 Å². The van der Waals surface area contributed by atoms with Crippen LogP contribution in [0.25, 0.3) is 10.8 Å². The third-order valence-electron chi connectivity index (χ3n) is 4.51. The second kappa shape index (κ2) is 8.91. The van der Waals surface area contributed by atoms with Gasteiger partial charge < -0.3 is 10.2 Å². The summed E-state index contributed by atoms with van der Waals surface area (Å²) < 4.78 is 0. The number of thiazole rings is 1. The first-order valence-electron chi connectivity index (χ1n) is 9.26. The van der Waals surface area contributed by atoms with E-state index in [9.17, 15) is 9.59 Å². The molecule has 150 valence electrons. The van der Waals surface area contributed by atoms with Crippen LogP contribution >= 0.6 is 11.3 Å². The Hall–Kier alpha value is -3.13.